The standard InChI is InChI=1S/C18H14FNO5S/c1-11(21)20-26(23,24)15-8-4-12(5-9-15)16-10-25-18(22)17(16)13-2-6-14(19)7-3-13/h2-10,17H,1H3,(H,20,21). The molecule has 1 unspecified atom stereocenters. The molecule has 1 N–H and O–H groups in total. The molecule has 26 heavy (non-hydrogen) atoms. The third-order valence-electron chi connectivity index (χ3n) is 3.83. The molecule has 0 saturated carbocycles. The van der Waals surface area contributed by atoms with Gasteiger partial charge in [0.1, 0.15) is 11.7 Å². The van der Waals surface area contributed by atoms with Crippen LogP contribution in [0.1, 0.15) is 24.0 Å². The molecule has 1 aliphatic rings. The summed E-state index contributed by atoms with van der Waals surface area (Å²) in [4.78, 5) is 23.0. The van der Waals surface area contributed by atoms with Crippen LogP contribution in [0.25, 0.3) is 5.57 Å². The van der Waals surface area contributed by atoms with E-state index in [1.54, 1.807) is 0 Å². The fourth-order valence-electron chi connectivity index (χ4n) is 2.66. The minimum absolute atomic E-state index is 0.0828. The van der Waals surface area contributed by atoms with Gasteiger partial charge in [-0.15, -0.1) is 0 Å². The first kappa shape index (κ1) is 17.8. The minimum Gasteiger partial charge on any atom is -0.433 e. The molecule has 134 valence electrons. The van der Waals surface area contributed by atoms with E-state index >= 15 is 0 Å². The highest BCUT2D eigenvalue weighted by atomic mass is 32.2. The third kappa shape index (κ3) is 3.50. The fourth-order valence-corrected chi connectivity index (χ4v) is 3.66. The summed E-state index contributed by atoms with van der Waals surface area (Å²) in [5.74, 6) is -2.34. The molecule has 1 atom stereocenters. The number of nitrogens with one attached hydrogen (secondary N) is 1. The number of halogens is 1. The van der Waals surface area contributed by atoms with Gasteiger partial charge in [-0.05, 0) is 35.4 Å². The van der Waals surface area contributed by atoms with Crippen molar-refractivity contribution in [3.63, 3.8) is 0 Å². The second kappa shape index (κ2) is 6.72. The third-order valence-corrected chi connectivity index (χ3v) is 5.28. The lowest BCUT2D eigenvalue weighted by molar-refractivity contribution is -0.136. The number of carbonyl (C=O) groups excluding carboxylic acids is 2. The van der Waals surface area contributed by atoms with Crippen LogP contribution in [-0.4, -0.2) is 20.3 Å². The molecule has 6 nitrogen and oxygen atoms in total. The molecule has 2 aromatic rings. The molecular weight excluding hydrogens is 361 g/mol. The normalized spacial score (nSPS) is 16.8. The average molecular weight is 375 g/mol. The Kier molecular flexibility index (Phi) is 4.60. The SMILES string of the molecule is CC(=O)NS(=O)(=O)c1ccc(C2=COC(=O)C2c2ccc(F)cc2)cc1. The van der Waals surface area contributed by atoms with Crippen LogP contribution >= 0.6 is 0 Å². The highest BCUT2D eigenvalue weighted by molar-refractivity contribution is 7.90. The van der Waals surface area contributed by atoms with Crippen molar-refractivity contribution in [2.45, 2.75) is 17.7 Å². The van der Waals surface area contributed by atoms with Crippen molar-refractivity contribution in [3.05, 3.63) is 71.7 Å². The summed E-state index contributed by atoms with van der Waals surface area (Å²) in [5.41, 5.74) is 1.67. The lowest BCUT2D eigenvalue weighted by atomic mass is 9.89. The van der Waals surface area contributed by atoms with E-state index < -0.39 is 33.6 Å². The zero-order valence-corrected chi connectivity index (χ0v) is 14.4. The maximum atomic E-state index is 13.1. The average Bonchev–Trinajstić information content (AvgIpc) is 2.96. The molecule has 0 aliphatic carbocycles. The van der Waals surface area contributed by atoms with E-state index in [0.717, 1.165) is 6.92 Å². The lowest BCUT2D eigenvalue weighted by Gasteiger charge is -2.12. The zero-order chi connectivity index (χ0) is 18.9. The summed E-state index contributed by atoms with van der Waals surface area (Å²) in [6, 6.07) is 11.2. The van der Waals surface area contributed by atoms with Gasteiger partial charge in [-0.1, -0.05) is 24.3 Å². The summed E-state index contributed by atoms with van der Waals surface area (Å²) in [6.45, 7) is 1.10. The first-order chi connectivity index (χ1) is 12.3. The topological polar surface area (TPSA) is 89.5 Å². The second-order valence-corrected chi connectivity index (χ2v) is 7.36. The quantitative estimate of drug-likeness (QED) is 0.829. The van der Waals surface area contributed by atoms with Gasteiger partial charge in [-0.3, -0.25) is 9.59 Å². The molecule has 1 heterocycles. The van der Waals surface area contributed by atoms with Crippen LogP contribution in [0.15, 0.2) is 59.7 Å². The van der Waals surface area contributed by atoms with E-state index in [0.29, 0.717) is 16.7 Å². The van der Waals surface area contributed by atoms with Crippen LogP contribution < -0.4 is 4.72 Å². The van der Waals surface area contributed by atoms with Crippen LogP contribution in [0.4, 0.5) is 4.39 Å². The number of esters is 1. The molecule has 8 heteroatoms. The summed E-state index contributed by atoms with van der Waals surface area (Å²) in [6.07, 6.45) is 1.30. The number of cyclic esters (lactones) is 1. The maximum absolute atomic E-state index is 13.1. The van der Waals surface area contributed by atoms with Crippen LogP contribution in [0, 0.1) is 5.82 Å². The van der Waals surface area contributed by atoms with Gasteiger partial charge in [0.2, 0.25) is 5.91 Å². The van der Waals surface area contributed by atoms with E-state index in [2.05, 4.69) is 0 Å². The van der Waals surface area contributed by atoms with Gasteiger partial charge < -0.3 is 4.74 Å². The largest absolute Gasteiger partial charge is 0.433 e. The van der Waals surface area contributed by atoms with E-state index in [9.17, 15) is 22.4 Å². The fraction of sp³-hybridized carbons (Fsp3) is 0.111. The molecule has 0 spiro atoms. The lowest BCUT2D eigenvalue weighted by Crippen LogP contribution is -2.28. The van der Waals surface area contributed by atoms with Crippen molar-refractivity contribution in [1.29, 1.82) is 0 Å². The van der Waals surface area contributed by atoms with Gasteiger partial charge in [-0.25, -0.2) is 17.5 Å². The Labute approximate surface area is 149 Å². The number of ether oxygens (including phenoxy) is 1. The molecule has 0 radical (unpaired) electrons. The molecule has 0 fully saturated rings. The smallest absolute Gasteiger partial charge is 0.322 e. The van der Waals surface area contributed by atoms with Crippen molar-refractivity contribution in [2.75, 3.05) is 0 Å². The molecule has 0 bridgehead atoms. The molecule has 1 aliphatic heterocycles. The first-order valence-corrected chi connectivity index (χ1v) is 9.06. The molecule has 1 amide bonds. The molecule has 3 rings (SSSR count). The van der Waals surface area contributed by atoms with Gasteiger partial charge in [0.25, 0.3) is 10.0 Å². The molecule has 0 saturated heterocycles. The van der Waals surface area contributed by atoms with Crippen molar-refractivity contribution in [3.8, 4) is 0 Å². The Morgan fingerprint density at radius 1 is 1.08 bits per heavy atom. The Hall–Kier alpha value is -3.00. The maximum Gasteiger partial charge on any atom is 0.322 e. The number of rotatable bonds is 4. The van der Waals surface area contributed by atoms with Gasteiger partial charge in [0, 0.05) is 12.5 Å². The zero-order valence-electron chi connectivity index (χ0n) is 13.6. The molecule has 2 aromatic carbocycles. The van der Waals surface area contributed by atoms with Crippen LogP contribution in [0.2, 0.25) is 0 Å². The van der Waals surface area contributed by atoms with Crippen LogP contribution in [-0.2, 0) is 24.3 Å². The summed E-state index contributed by atoms with van der Waals surface area (Å²) in [5, 5.41) is 0. The summed E-state index contributed by atoms with van der Waals surface area (Å²) in [7, 11) is -3.94. The number of benzene rings is 2. The Morgan fingerprint density at radius 3 is 2.27 bits per heavy atom. The minimum atomic E-state index is -3.94. The number of hydrogen-bond donors (Lipinski definition) is 1. The molecule has 0 aromatic heterocycles. The van der Waals surface area contributed by atoms with Crippen molar-refractivity contribution < 1.29 is 27.1 Å². The highest BCUT2D eigenvalue weighted by Gasteiger charge is 2.32. The van der Waals surface area contributed by atoms with Crippen LogP contribution in [0.3, 0.4) is 0 Å². The Morgan fingerprint density at radius 2 is 1.69 bits per heavy atom. The number of amides is 1. The van der Waals surface area contributed by atoms with Crippen molar-refractivity contribution in [2.24, 2.45) is 0 Å². The van der Waals surface area contributed by atoms with E-state index in [4.69, 9.17) is 4.74 Å². The van der Waals surface area contributed by atoms with Crippen molar-refractivity contribution >= 4 is 27.5 Å². The highest BCUT2D eigenvalue weighted by Crippen LogP contribution is 2.38. The van der Waals surface area contributed by atoms with Crippen LogP contribution in [0.5, 0.6) is 0 Å². The van der Waals surface area contributed by atoms with Gasteiger partial charge in [0.05, 0.1) is 11.2 Å². The number of sulfonamides is 1. The second-order valence-electron chi connectivity index (χ2n) is 5.68. The monoisotopic (exact) mass is 375 g/mol. The van der Waals surface area contributed by atoms with Crippen molar-refractivity contribution in [1.82, 2.24) is 4.72 Å². The predicted octanol–water partition coefficient (Wildman–Crippen LogP) is 2.33. The number of hydrogen-bond acceptors (Lipinski definition) is 5. The van der Waals surface area contributed by atoms with Gasteiger partial charge >= 0.3 is 5.97 Å². The van der Waals surface area contributed by atoms with Gasteiger partial charge in [-0.2, -0.15) is 0 Å². The van der Waals surface area contributed by atoms with E-state index in [1.807, 2.05) is 4.72 Å². The molecular formula is C18H14FNO5S. The summed E-state index contributed by atoms with van der Waals surface area (Å²) >= 11 is 0. The Balaban J connectivity index is 1.92. The number of carbonyl (C=O) groups is 2. The van der Waals surface area contributed by atoms with Gasteiger partial charge in [0.15, 0.2) is 0 Å². The predicted molar refractivity (Wildman–Crippen MR) is 90.7 cm³/mol. The van der Waals surface area contributed by atoms with E-state index in [1.165, 1.54) is 54.8 Å². The first-order valence-electron chi connectivity index (χ1n) is 7.58. The van der Waals surface area contributed by atoms with E-state index in [-0.39, 0.29) is 4.90 Å². The Bertz CT molecular complexity index is 995. The summed E-state index contributed by atoms with van der Waals surface area (Å²) < 4.78 is 44.0.